The smallest absolute Gasteiger partial charge is 0.423 e. The van der Waals surface area contributed by atoms with E-state index in [0.29, 0.717) is 23.0 Å². The zero-order chi connectivity index (χ0) is 22.7. The number of piperidine rings is 1. The van der Waals surface area contributed by atoms with Gasteiger partial charge < -0.3 is 20.3 Å². The van der Waals surface area contributed by atoms with E-state index in [9.17, 15) is 14.8 Å². The molecule has 1 heterocycles. The summed E-state index contributed by atoms with van der Waals surface area (Å²) < 4.78 is 0. The molecule has 3 N–H and O–H groups in total. The number of rotatable bonds is 6. The molecule has 1 amide bonds. The van der Waals surface area contributed by atoms with Gasteiger partial charge in [0.15, 0.2) is 0 Å². The second kappa shape index (κ2) is 9.86. The van der Waals surface area contributed by atoms with Crippen molar-refractivity contribution >= 4 is 29.3 Å². The lowest BCUT2D eigenvalue weighted by molar-refractivity contribution is 0.0715. The number of benzene rings is 3. The molecule has 1 fully saturated rings. The van der Waals surface area contributed by atoms with Gasteiger partial charge in [0.05, 0.1) is 0 Å². The van der Waals surface area contributed by atoms with Gasteiger partial charge in [-0.2, -0.15) is 0 Å². The highest BCUT2D eigenvalue weighted by atomic mass is 16.4. The number of nitrogens with zero attached hydrogens (tertiary/aromatic N) is 1. The van der Waals surface area contributed by atoms with Crippen LogP contribution in [0.2, 0.25) is 0 Å². The van der Waals surface area contributed by atoms with Crippen molar-refractivity contribution in [1.29, 1.82) is 0 Å². The van der Waals surface area contributed by atoms with Gasteiger partial charge in [0.25, 0.3) is 5.91 Å². The summed E-state index contributed by atoms with van der Waals surface area (Å²) in [5.41, 5.74) is 3.66. The van der Waals surface area contributed by atoms with Crippen LogP contribution in [-0.4, -0.2) is 47.1 Å². The first kappa shape index (κ1) is 22.5. The van der Waals surface area contributed by atoms with E-state index in [4.69, 9.17) is 0 Å². The van der Waals surface area contributed by atoms with Crippen LogP contribution < -0.4 is 10.8 Å². The Balaban J connectivity index is 1.46. The van der Waals surface area contributed by atoms with Gasteiger partial charge in [0.1, 0.15) is 0 Å². The Hall–Kier alpha value is -2.67. The molecule has 6 heteroatoms. The van der Waals surface area contributed by atoms with Crippen molar-refractivity contribution in [1.82, 2.24) is 10.2 Å². The van der Waals surface area contributed by atoms with E-state index in [2.05, 4.69) is 43.4 Å². The number of fused-ring (bicyclic) bond motifs is 1. The van der Waals surface area contributed by atoms with E-state index in [1.54, 1.807) is 12.1 Å². The van der Waals surface area contributed by atoms with Crippen molar-refractivity contribution in [3.05, 3.63) is 77.4 Å². The molecule has 0 unspecified atom stereocenters. The highest BCUT2D eigenvalue weighted by Gasteiger charge is 2.26. The Morgan fingerprint density at radius 3 is 2.53 bits per heavy atom. The number of carbonyl (C=O) groups is 1. The van der Waals surface area contributed by atoms with Crippen LogP contribution in [0.4, 0.5) is 0 Å². The first-order valence-corrected chi connectivity index (χ1v) is 11.4. The third-order valence-electron chi connectivity index (χ3n) is 6.35. The molecule has 0 radical (unpaired) electrons. The van der Waals surface area contributed by atoms with Crippen molar-refractivity contribution < 1.29 is 14.8 Å². The van der Waals surface area contributed by atoms with Gasteiger partial charge in [-0.1, -0.05) is 68.4 Å². The Kier molecular flexibility index (Phi) is 6.94. The van der Waals surface area contributed by atoms with Crippen molar-refractivity contribution in [2.45, 2.75) is 45.2 Å². The molecular weight excluding hydrogens is 399 g/mol. The summed E-state index contributed by atoms with van der Waals surface area (Å²) in [5, 5.41) is 24.2. The molecule has 0 aromatic heterocycles. The van der Waals surface area contributed by atoms with Gasteiger partial charge in [-0.3, -0.25) is 4.79 Å². The summed E-state index contributed by atoms with van der Waals surface area (Å²) >= 11 is 0. The standard InChI is InChI=1S/C26H31BN2O3/c1-18(2)28-17-19-5-3-7-22(15-19)20-11-13-29(14-12-20)26(30)24-8-4-6-21-9-10-23(27(31)32)16-25(21)24/h3-10,15-16,18,20,28,31-32H,11-14,17H2,1-2H3. The summed E-state index contributed by atoms with van der Waals surface area (Å²) in [7, 11) is -1.55. The summed E-state index contributed by atoms with van der Waals surface area (Å²) in [5.74, 6) is 0.468. The molecule has 0 aliphatic carbocycles. The summed E-state index contributed by atoms with van der Waals surface area (Å²) in [6.45, 7) is 6.61. The van der Waals surface area contributed by atoms with Crippen LogP contribution in [0.1, 0.15) is 54.1 Å². The van der Waals surface area contributed by atoms with Crippen LogP contribution >= 0.6 is 0 Å². The molecule has 5 nitrogen and oxygen atoms in total. The molecule has 3 aromatic carbocycles. The molecular formula is C26H31BN2O3. The van der Waals surface area contributed by atoms with Gasteiger partial charge in [-0.25, -0.2) is 0 Å². The van der Waals surface area contributed by atoms with Gasteiger partial charge in [0.2, 0.25) is 0 Å². The summed E-state index contributed by atoms with van der Waals surface area (Å²) in [6, 6.07) is 20.1. The van der Waals surface area contributed by atoms with Crippen LogP contribution in [0.15, 0.2) is 60.7 Å². The Morgan fingerprint density at radius 1 is 1.06 bits per heavy atom. The van der Waals surface area contributed by atoms with Crippen LogP contribution in [0.3, 0.4) is 0 Å². The molecule has 0 atom stereocenters. The number of likely N-dealkylation sites (tertiary alicyclic amines) is 1. The molecule has 1 aliphatic heterocycles. The van der Waals surface area contributed by atoms with Crippen molar-refractivity contribution in [2.24, 2.45) is 0 Å². The zero-order valence-corrected chi connectivity index (χ0v) is 18.8. The van der Waals surface area contributed by atoms with Gasteiger partial charge in [0, 0.05) is 31.2 Å². The number of hydrogen-bond donors (Lipinski definition) is 3. The first-order chi connectivity index (χ1) is 15.4. The molecule has 0 bridgehead atoms. The maximum atomic E-state index is 13.3. The predicted molar refractivity (Wildman–Crippen MR) is 130 cm³/mol. The Bertz CT molecular complexity index is 1090. The largest absolute Gasteiger partial charge is 0.488 e. The topological polar surface area (TPSA) is 72.8 Å². The minimum absolute atomic E-state index is 0.00788. The summed E-state index contributed by atoms with van der Waals surface area (Å²) in [4.78, 5) is 15.3. The Labute approximate surface area is 190 Å². The molecule has 4 rings (SSSR count). The lowest BCUT2D eigenvalue weighted by atomic mass is 9.79. The fraction of sp³-hybridized carbons (Fsp3) is 0.346. The van der Waals surface area contributed by atoms with Crippen LogP contribution in [0, 0.1) is 0 Å². The third kappa shape index (κ3) is 5.04. The van der Waals surface area contributed by atoms with Crippen molar-refractivity contribution in [2.75, 3.05) is 13.1 Å². The lowest BCUT2D eigenvalue weighted by Crippen LogP contribution is -2.38. The molecule has 166 valence electrons. The number of carbonyl (C=O) groups excluding carboxylic acids is 1. The normalized spacial score (nSPS) is 14.8. The molecule has 0 saturated carbocycles. The Morgan fingerprint density at radius 2 is 1.81 bits per heavy atom. The number of amides is 1. The van der Waals surface area contributed by atoms with Gasteiger partial charge >= 0.3 is 7.12 Å². The molecule has 0 spiro atoms. The van der Waals surface area contributed by atoms with Crippen molar-refractivity contribution in [3.63, 3.8) is 0 Å². The quantitative estimate of drug-likeness (QED) is 0.526. The second-order valence-electron chi connectivity index (χ2n) is 9.01. The number of hydrogen-bond acceptors (Lipinski definition) is 4. The maximum absolute atomic E-state index is 13.3. The van der Waals surface area contributed by atoms with Gasteiger partial charge in [-0.05, 0) is 52.2 Å². The second-order valence-corrected chi connectivity index (χ2v) is 9.01. The average Bonchev–Trinajstić information content (AvgIpc) is 2.82. The fourth-order valence-electron chi connectivity index (χ4n) is 4.50. The predicted octanol–water partition coefficient (Wildman–Crippen LogP) is 3.04. The zero-order valence-electron chi connectivity index (χ0n) is 18.8. The van der Waals surface area contributed by atoms with E-state index >= 15 is 0 Å². The van der Waals surface area contributed by atoms with Gasteiger partial charge in [-0.15, -0.1) is 0 Å². The number of nitrogens with one attached hydrogen (secondary N) is 1. The van der Waals surface area contributed by atoms with E-state index in [1.807, 2.05) is 29.2 Å². The van der Waals surface area contributed by atoms with Crippen LogP contribution in [0.25, 0.3) is 10.8 Å². The highest BCUT2D eigenvalue weighted by Crippen LogP contribution is 2.30. The molecule has 1 saturated heterocycles. The highest BCUT2D eigenvalue weighted by molar-refractivity contribution is 6.59. The lowest BCUT2D eigenvalue weighted by Gasteiger charge is -2.32. The van der Waals surface area contributed by atoms with Crippen LogP contribution in [0.5, 0.6) is 0 Å². The monoisotopic (exact) mass is 430 g/mol. The van der Waals surface area contributed by atoms with Crippen molar-refractivity contribution in [3.8, 4) is 0 Å². The molecule has 32 heavy (non-hydrogen) atoms. The SMILES string of the molecule is CC(C)NCc1cccc(C2CCN(C(=O)c3cccc4ccc(B(O)O)cc34)CC2)c1. The summed E-state index contributed by atoms with van der Waals surface area (Å²) in [6.07, 6.45) is 1.89. The van der Waals surface area contributed by atoms with E-state index in [-0.39, 0.29) is 5.91 Å². The minimum atomic E-state index is -1.55. The molecule has 1 aliphatic rings. The fourth-order valence-corrected chi connectivity index (χ4v) is 4.50. The first-order valence-electron chi connectivity index (χ1n) is 11.4. The van der Waals surface area contributed by atoms with Crippen LogP contribution in [-0.2, 0) is 6.54 Å². The molecule has 3 aromatic rings. The minimum Gasteiger partial charge on any atom is -0.423 e. The maximum Gasteiger partial charge on any atom is 0.488 e. The average molecular weight is 430 g/mol. The third-order valence-corrected chi connectivity index (χ3v) is 6.35. The van der Waals surface area contributed by atoms with E-state index < -0.39 is 7.12 Å². The van der Waals surface area contributed by atoms with E-state index in [1.165, 1.54) is 11.1 Å². The van der Waals surface area contributed by atoms with E-state index in [0.717, 1.165) is 43.2 Å².